The maximum atomic E-state index is 10.2. The summed E-state index contributed by atoms with van der Waals surface area (Å²) in [5.41, 5.74) is 0. The van der Waals surface area contributed by atoms with E-state index in [9.17, 15) is 8.42 Å². The van der Waals surface area contributed by atoms with Crippen LogP contribution in [0.2, 0.25) is 0 Å². The molecule has 0 saturated carbocycles. The van der Waals surface area contributed by atoms with Gasteiger partial charge in [0.1, 0.15) is 0 Å². The van der Waals surface area contributed by atoms with Crippen LogP contribution in [0, 0.1) is 0 Å². The molecular weight excluding hydrogens is 158 g/mol. The van der Waals surface area contributed by atoms with Crippen LogP contribution in [0.5, 0.6) is 0 Å². The zero-order chi connectivity index (χ0) is 7.33. The minimum Gasteiger partial charge on any atom is -0.229 e. The Kier molecular flexibility index (Phi) is 4.26. The van der Waals surface area contributed by atoms with E-state index in [4.69, 9.17) is 5.14 Å². The smallest absolute Gasteiger partial charge is 0.209 e. The molecule has 55 valence electrons. The topological polar surface area (TPSA) is 60.2 Å². The summed E-state index contributed by atoms with van der Waals surface area (Å²) in [6.07, 6.45) is 1.34. The van der Waals surface area contributed by atoms with Crippen LogP contribution in [0.15, 0.2) is 0 Å². The van der Waals surface area contributed by atoms with Crippen molar-refractivity contribution in [2.45, 2.75) is 12.8 Å². The Balaban J connectivity index is 3.30. The average Bonchev–Trinajstić information content (AvgIpc) is 1.63. The maximum Gasteiger partial charge on any atom is 0.209 e. The van der Waals surface area contributed by atoms with Crippen molar-refractivity contribution in [1.82, 2.24) is 0 Å². The first kappa shape index (κ1) is 9.26. The summed E-state index contributed by atoms with van der Waals surface area (Å²) < 4.78 is 20.5. The highest BCUT2D eigenvalue weighted by atomic mass is 32.2. The number of rotatable bonds is 4. The van der Waals surface area contributed by atoms with E-state index in [0.29, 0.717) is 12.2 Å². The van der Waals surface area contributed by atoms with Crippen molar-refractivity contribution in [3.8, 4) is 0 Å². The minimum absolute atomic E-state index is 0.0592. The number of sulfonamides is 1. The highest BCUT2D eigenvalue weighted by Gasteiger charge is 1.99. The van der Waals surface area contributed by atoms with Gasteiger partial charge >= 0.3 is 0 Å². The van der Waals surface area contributed by atoms with E-state index in [1.54, 1.807) is 0 Å². The second kappa shape index (κ2) is 4.14. The normalized spacial score (nSPS) is 11.8. The van der Waals surface area contributed by atoms with Gasteiger partial charge in [-0.3, -0.25) is 0 Å². The van der Waals surface area contributed by atoms with Crippen LogP contribution >= 0.6 is 12.6 Å². The first-order valence-electron chi connectivity index (χ1n) is 2.65. The Bertz CT molecular complexity index is 152. The fourth-order valence-electron chi connectivity index (χ4n) is 0.405. The van der Waals surface area contributed by atoms with Crippen LogP contribution in [0.3, 0.4) is 0 Å². The Labute approximate surface area is 61.1 Å². The second-order valence-electron chi connectivity index (χ2n) is 1.78. The lowest BCUT2D eigenvalue weighted by Crippen LogP contribution is -2.16. The molecule has 5 heteroatoms. The third-order valence-corrected chi connectivity index (χ3v) is 1.97. The Hall–Kier alpha value is 0.260. The van der Waals surface area contributed by atoms with E-state index in [1.807, 2.05) is 0 Å². The predicted octanol–water partition coefficient (Wildman–Crippen LogP) is 0.253. The summed E-state index contributed by atoms with van der Waals surface area (Å²) in [4.78, 5) is 0. The maximum absolute atomic E-state index is 10.2. The van der Waals surface area contributed by atoms with Crippen molar-refractivity contribution in [3.63, 3.8) is 0 Å². The quantitative estimate of drug-likeness (QED) is 0.612. The molecule has 0 aliphatic carbocycles. The average molecular weight is 168 g/mol. The largest absolute Gasteiger partial charge is 0.229 e. The molecule has 3 nitrogen and oxygen atoms in total. The summed E-state index contributed by atoms with van der Waals surface area (Å²) >= 11 is 4.60. The van der Waals surface area contributed by atoms with Gasteiger partial charge in [-0.25, -0.2) is 13.6 Å². The number of nitrogens with two attached hydrogens (primary N) is 1. The zero-order valence-corrected chi connectivity index (χ0v) is 6.67. The van der Waals surface area contributed by atoms with Gasteiger partial charge in [-0.1, -0.05) is 12.6 Å². The number of primary sulfonamides is 1. The second-order valence-corrected chi connectivity index (χ2v) is 3.92. The van der Waals surface area contributed by atoms with E-state index >= 15 is 0 Å². The zero-order valence-electron chi connectivity index (χ0n) is 5.04. The molecule has 0 atom stereocenters. The molecule has 0 spiro atoms. The van der Waals surface area contributed by atoms with E-state index in [2.05, 4.69) is 12.6 Å². The molecule has 0 heterocycles. The van der Waals surface area contributed by atoms with Gasteiger partial charge in [0.25, 0.3) is 0 Å². The molecule has 0 fully saturated rings. The summed E-state index contributed by atoms with van der Waals surface area (Å²) in [6, 6.07) is 0. The van der Waals surface area contributed by atoms with Gasteiger partial charge < -0.3 is 0 Å². The van der Waals surface area contributed by atoms with Crippen molar-refractivity contribution in [2.24, 2.45) is 5.14 Å². The summed E-state index contributed by atoms with van der Waals surface area (Å²) in [5, 5.41) is 4.71. The molecule has 0 bridgehead atoms. The van der Waals surface area contributed by atoms with Gasteiger partial charge in [-0.05, 0) is 12.8 Å². The molecule has 0 saturated heterocycles. The van der Waals surface area contributed by atoms with Gasteiger partial charge in [0.2, 0.25) is 10.0 Å². The van der Waals surface area contributed by atoms with Crippen molar-refractivity contribution in [1.29, 1.82) is 0 Å². The molecule has 0 aliphatic rings. The Morgan fingerprint density at radius 2 is 1.89 bits per heavy atom. The van der Waals surface area contributed by atoms with Crippen molar-refractivity contribution >= 4 is 22.7 Å². The van der Waals surface area contributed by atoms with Gasteiger partial charge in [0.05, 0.1) is 5.75 Å². The van der Waals surface area contributed by atoms with Crippen molar-refractivity contribution in [2.75, 3.05) is 11.5 Å². The van der Waals surface area contributed by atoms with E-state index in [-0.39, 0.29) is 5.75 Å². The van der Waals surface area contributed by atoms with E-state index < -0.39 is 10.0 Å². The Morgan fingerprint density at radius 1 is 1.33 bits per heavy atom. The molecule has 0 aromatic carbocycles. The highest BCUT2D eigenvalue weighted by Crippen LogP contribution is 1.92. The molecule has 0 aromatic heterocycles. The fourth-order valence-corrected chi connectivity index (χ4v) is 1.22. The van der Waals surface area contributed by atoms with Gasteiger partial charge in [-0.2, -0.15) is 0 Å². The van der Waals surface area contributed by atoms with Crippen molar-refractivity contribution < 1.29 is 8.42 Å². The standard InChI is InChI=1S/C4H10NO2S2/c5-9(6,7)4-2-1-3-8/h1-4H2,(H2,5,6,7). The molecule has 2 N–H and O–H groups in total. The first-order chi connectivity index (χ1) is 4.06. The predicted molar refractivity (Wildman–Crippen MR) is 39.7 cm³/mol. The van der Waals surface area contributed by atoms with Crippen molar-refractivity contribution in [3.05, 3.63) is 0 Å². The molecular formula is C4H10NO2S2. The number of unbranched alkanes of at least 4 members (excludes halogenated alkanes) is 1. The summed E-state index contributed by atoms with van der Waals surface area (Å²) in [7, 11) is -3.24. The van der Waals surface area contributed by atoms with E-state index in [1.165, 1.54) is 0 Å². The van der Waals surface area contributed by atoms with Crippen LogP contribution in [0.1, 0.15) is 12.8 Å². The van der Waals surface area contributed by atoms with Gasteiger partial charge in [0, 0.05) is 5.75 Å². The third-order valence-electron chi connectivity index (χ3n) is 0.823. The highest BCUT2D eigenvalue weighted by molar-refractivity contribution is 7.89. The summed E-state index contributed by atoms with van der Waals surface area (Å²) in [5.74, 6) is 0.666. The number of hydrogen-bond donors (Lipinski definition) is 1. The lowest BCUT2D eigenvalue weighted by atomic mass is 10.4. The molecule has 0 rings (SSSR count). The lowest BCUT2D eigenvalue weighted by Gasteiger charge is -1.93. The Morgan fingerprint density at radius 3 is 2.22 bits per heavy atom. The molecule has 0 aliphatic heterocycles. The number of hydrogen-bond acceptors (Lipinski definition) is 2. The molecule has 0 aromatic rings. The van der Waals surface area contributed by atoms with Crippen LogP contribution in [0.25, 0.3) is 0 Å². The molecule has 0 unspecified atom stereocenters. The monoisotopic (exact) mass is 168 g/mol. The van der Waals surface area contributed by atoms with Crippen LogP contribution in [-0.4, -0.2) is 19.9 Å². The SMILES string of the molecule is NS(=O)(=O)CCCC[S]. The molecule has 0 amide bonds. The van der Waals surface area contributed by atoms with Gasteiger partial charge in [0.15, 0.2) is 0 Å². The first-order valence-corrected chi connectivity index (χ1v) is 4.94. The third kappa shape index (κ3) is 8.26. The minimum atomic E-state index is -3.24. The lowest BCUT2D eigenvalue weighted by molar-refractivity contribution is 0.594. The molecule has 1 radical (unpaired) electrons. The summed E-state index contributed by atoms with van der Waals surface area (Å²) in [6.45, 7) is 0. The molecule has 9 heavy (non-hydrogen) atoms. The fraction of sp³-hybridized carbons (Fsp3) is 1.00. The van der Waals surface area contributed by atoms with E-state index in [0.717, 1.165) is 6.42 Å². The van der Waals surface area contributed by atoms with Gasteiger partial charge in [-0.15, -0.1) is 0 Å². The van der Waals surface area contributed by atoms with Crippen LogP contribution < -0.4 is 5.14 Å². The van der Waals surface area contributed by atoms with Crippen LogP contribution in [-0.2, 0) is 10.0 Å². The van der Waals surface area contributed by atoms with Crippen LogP contribution in [0.4, 0.5) is 0 Å².